The minimum atomic E-state index is 0.204. The third-order valence-corrected chi connectivity index (χ3v) is 3.95. The number of allylic oxidation sites excluding steroid dienone is 3. The van der Waals surface area contributed by atoms with Gasteiger partial charge in [-0.3, -0.25) is 0 Å². The monoisotopic (exact) mass is 241 g/mol. The summed E-state index contributed by atoms with van der Waals surface area (Å²) in [7, 11) is 0. The van der Waals surface area contributed by atoms with Crippen LogP contribution in [0, 0.1) is 0 Å². The van der Waals surface area contributed by atoms with Crippen LogP contribution in [0.2, 0.25) is 0 Å². The molecule has 1 nitrogen and oxygen atoms in total. The summed E-state index contributed by atoms with van der Waals surface area (Å²) in [4.78, 5) is 0. The predicted octanol–water partition coefficient (Wildman–Crippen LogP) is 4.60. The first-order valence-electron chi connectivity index (χ1n) is 6.78. The van der Waals surface area contributed by atoms with Crippen molar-refractivity contribution >= 4 is 5.69 Å². The smallest absolute Gasteiger partial charge is 0.0314 e. The van der Waals surface area contributed by atoms with E-state index in [0.29, 0.717) is 0 Å². The van der Waals surface area contributed by atoms with E-state index >= 15 is 0 Å². The first kappa shape index (κ1) is 12.9. The second-order valence-corrected chi connectivity index (χ2v) is 5.48. The third-order valence-electron chi connectivity index (χ3n) is 3.95. The highest BCUT2D eigenvalue weighted by atomic mass is 14.5. The van der Waals surface area contributed by atoms with Gasteiger partial charge in [-0.15, -0.1) is 6.58 Å². The van der Waals surface area contributed by atoms with E-state index in [4.69, 9.17) is 5.73 Å². The Balaban J connectivity index is 2.40. The number of hydrogen-bond donors (Lipinski definition) is 1. The van der Waals surface area contributed by atoms with Crippen LogP contribution in [0.15, 0.2) is 48.1 Å². The molecule has 1 fully saturated rings. The van der Waals surface area contributed by atoms with Gasteiger partial charge in [0.2, 0.25) is 0 Å². The van der Waals surface area contributed by atoms with Crippen molar-refractivity contribution in [3.63, 3.8) is 0 Å². The Kier molecular flexibility index (Phi) is 3.60. The van der Waals surface area contributed by atoms with Gasteiger partial charge in [-0.25, -0.2) is 0 Å². The van der Waals surface area contributed by atoms with Gasteiger partial charge in [0.15, 0.2) is 0 Å². The molecule has 0 aliphatic heterocycles. The lowest BCUT2D eigenvalue weighted by Crippen LogP contribution is -2.37. The summed E-state index contributed by atoms with van der Waals surface area (Å²) in [6.07, 6.45) is 7.02. The zero-order valence-corrected chi connectivity index (χ0v) is 11.5. The predicted molar refractivity (Wildman–Crippen MR) is 79.6 cm³/mol. The lowest BCUT2D eigenvalue weighted by atomic mass is 9.58. The van der Waals surface area contributed by atoms with Crippen LogP contribution < -0.4 is 5.73 Å². The largest absolute Gasteiger partial charge is 0.399 e. The molecule has 1 aromatic rings. The van der Waals surface area contributed by atoms with Gasteiger partial charge in [0, 0.05) is 11.1 Å². The maximum absolute atomic E-state index is 5.79. The molecular formula is C17H23N. The number of nitrogens with two attached hydrogens (primary N) is 1. The van der Waals surface area contributed by atoms with Crippen LogP contribution in [0.4, 0.5) is 5.69 Å². The second-order valence-electron chi connectivity index (χ2n) is 5.48. The molecule has 0 saturated heterocycles. The molecule has 96 valence electrons. The van der Waals surface area contributed by atoms with Crippen LogP contribution in [-0.4, -0.2) is 0 Å². The van der Waals surface area contributed by atoms with Crippen molar-refractivity contribution in [2.24, 2.45) is 0 Å². The Morgan fingerprint density at radius 3 is 2.50 bits per heavy atom. The second kappa shape index (κ2) is 5.01. The van der Waals surface area contributed by atoms with Crippen molar-refractivity contribution in [1.29, 1.82) is 0 Å². The molecule has 0 spiro atoms. The van der Waals surface area contributed by atoms with E-state index in [1.807, 2.05) is 12.1 Å². The Hall–Kier alpha value is -1.50. The van der Waals surface area contributed by atoms with Gasteiger partial charge in [0.1, 0.15) is 0 Å². The molecule has 1 aromatic carbocycles. The van der Waals surface area contributed by atoms with Crippen molar-refractivity contribution in [2.45, 2.75) is 44.9 Å². The maximum atomic E-state index is 5.79. The summed E-state index contributed by atoms with van der Waals surface area (Å²) in [5.41, 5.74) is 11.1. The van der Waals surface area contributed by atoms with Crippen molar-refractivity contribution in [1.82, 2.24) is 0 Å². The molecule has 2 rings (SSSR count). The van der Waals surface area contributed by atoms with Crippen molar-refractivity contribution in [3.05, 3.63) is 53.6 Å². The molecule has 1 heteroatoms. The Morgan fingerprint density at radius 1 is 1.39 bits per heavy atom. The lowest BCUT2D eigenvalue weighted by Gasteiger charge is -2.46. The highest BCUT2D eigenvalue weighted by Gasteiger charge is 2.42. The summed E-state index contributed by atoms with van der Waals surface area (Å²) >= 11 is 0. The average Bonchev–Trinajstić information content (AvgIpc) is 2.32. The molecule has 18 heavy (non-hydrogen) atoms. The fourth-order valence-electron chi connectivity index (χ4n) is 3.07. The molecule has 1 aliphatic carbocycles. The Labute approximate surface area is 110 Å². The van der Waals surface area contributed by atoms with Crippen LogP contribution in [0.3, 0.4) is 0 Å². The van der Waals surface area contributed by atoms with Crippen molar-refractivity contribution in [3.8, 4) is 0 Å². The molecular weight excluding hydrogens is 218 g/mol. The molecule has 0 heterocycles. The molecule has 2 N–H and O–H groups in total. The fourth-order valence-corrected chi connectivity index (χ4v) is 3.07. The van der Waals surface area contributed by atoms with E-state index in [0.717, 1.165) is 18.5 Å². The molecule has 1 atom stereocenters. The molecule has 1 unspecified atom stereocenters. The maximum Gasteiger partial charge on any atom is 0.0314 e. The number of nitrogen functional groups attached to an aromatic ring is 1. The summed E-state index contributed by atoms with van der Waals surface area (Å²) in [5, 5.41) is 0. The van der Waals surface area contributed by atoms with Gasteiger partial charge in [0.25, 0.3) is 0 Å². The van der Waals surface area contributed by atoms with Crippen LogP contribution in [-0.2, 0) is 5.41 Å². The molecule has 1 aliphatic rings. The molecule has 0 bridgehead atoms. The molecule has 0 amide bonds. The van der Waals surface area contributed by atoms with Gasteiger partial charge in [-0.05, 0) is 50.3 Å². The highest BCUT2D eigenvalue weighted by Crippen LogP contribution is 2.52. The fraction of sp³-hybridized carbons (Fsp3) is 0.412. The Morgan fingerprint density at radius 2 is 2.06 bits per heavy atom. The summed E-state index contributed by atoms with van der Waals surface area (Å²) in [6.45, 7) is 8.44. The van der Waals surface area contributed by atoms with Crippen LogP contribution in [0.25, 0.3) is 0 Å². The van der Waals surface area contributed by atoms with E-state index in [1.165, 1.54) is 24.0 Å². The Bertz CT molecular complexity index is 467. The van der Waals surface area contributed by atoms with Crippen molar-refractivity contribution < 1.29 is 0 Å². The van der Waals surface area contributed by atoms with Crippen LogP contribution in [0.5, 0.6) is 0 Å². The minimum absolute atomic E-state index is 0.204. The van der Waals surface area contributed by atoms with E-state index in [2.05, 4.69) is 38.6 Å². The quantitative estimate of drug-likeness (QED) is 0.605. The van der Waals surface area contributed by atoms with E-state index in [9.17, 15) is 0 Å². The average molecular weight is 241 g/mol. The summed E-state index contributed by atoms with van der Waals surface area (Å²) in [5.74, 6) is 0. The minimum Gasteiger partial charge on any atom is -0.399 e. The topological polar surface area (TPSA) is 26.0 Å². The SMILES string of the molecule is C=C(C)CC1(c2ccc(N)cc2)CC/C1=C\CC. The van der Waals surface area contributed by atoms with Gasteiger partial charge < -0.3 is 5.73 Å². The van der Waals surface area contributed by atoms with Crippen molar-refractivity contribution in [2.75, 3.05) is 5.73 Å². The molecule has 1 saturated carbocycles. The number of benzene rings is 1. The number of rotatable bonds is 4. The van der Waals surface area contributed by atoms with Gasteiger partial charge in [0.05, 0.1) is 0 Å². The van der Waals surface area contributed by atoms with E-state index in [-0.39, 0.29) is 5.41 Å². The first-order chi connectivity index (χ1) is 8.58. The lowest BCUT2D eigenvalue weighted by molar-refractivity contribution is 0.354. The standard InChI is InChI=1S/C17H23N/c1-4-5-14-10-11-17(14,12-13(2)3)15-6-8-16(18)9-7-15/h5-9H,2,4,10-12,18H2,1,3H3/b14-5+. The van der Waals surface area contributed by atoms with E-state index in [1.54, 1.807) is 5.57 Å². The summed E-state index contributed by atoms with van der Waals surface area (Å²) < 4.78 is 0. The van der Waals surface area contributed by atoms with Crippen LogP contribution >= 0.6 is 0 Å². The normalized spacial score (nSPS) is 24.9. The molecule has 0 radical (unpaired) electrons. The van der Waals surface area contributed by atoms with Gasteiger partial charge >= 0.3 is 0 Å². The number of anilines is 1. The van der Waals surface area contributed by atoms with Gasteiger partial charge in [-0.2, -0.15) is 0 Å². The molecule has 0 aromatic heterocycles. The zero-order chi connectivity index (χ0) is 13.2. The first-order valence-corrected chi connectivity index (χ1v) is 6.78. The van der Waals surface area contributed by atoms with E-state index < -0.39 is 0 Å². The zero-order valence-electron chi connectivity index (χ0n) is 11.5. The van der Waals surface area contributed by atoms with Gasteiger partial charge in [-0.1, -0.05) is 36.3 Å². The highest BCUT2D eigenvalue weighted by molar-refractivity contribution is 5.48. The third kappa shape index (κ3) is 2.22. The van der Waals surface area contributed by atoms with Crippen LogP contribution in [0.1, 0.15) is 45.1 Å². The summed E-state index contributed by atoms with van der Waals surface area (Å²) in [6, 6.07) is 8.39. The number of hydrogen-bond acceptors (Lipinski definition) is 1.